The number of amides is 4. The second-order valence-corrected chi connectivity index (χ2v) is 7.48. The first-order valence-corrected chi connectivity index (χ1v) is 9.94. The quantitative estimate of drug-likeness (QED) is 0.646. The molecular formula is C21H29N3O5. The van der Waals surface area contributed by atoms with Crippen molar-refractivity contribution >= 4 is 29.5 Å². The van der Waals surface area contributed by atoms with Crippen molar-refractivity contribution in [3.8, 4) is 0 Å². The first kappa shape index (κ1) is 22.4. The maximum absolute atomic E-state index is 12.4. The molecule has 0 unspecified atom stereocenters. The van der Waals surface area contributed by atoms with E-state index in [-0.39, 0.29) is 18.9 Å². The number of carbonyl (C=O) groups is 4. The summed E-state index contributed by atoms with van der Waals surface area (Å²) in [4.78, 5) is 49.6. The molecule has 0 aliphatic carbocycles. The molecule has 0 spiro atoms. The summed E-state index contributed by atoms with van der Waals surface area (Å²) in [5.41, 5.74) is 1.82. The van der Waals surface area contributed by atoms with Crippen molar-refractivity contribution in [1.82, 2.24) is 10.6 Å². The van der Waals surface area contributed by atoms with Crippen LogP contribution in [-0.4, -0.2) is 43.5 Å². The van der Waals surface area contributed by atoms with Gasteiger partial charge in [0.15, 0.2) is 6.61 Å². The SMILES string of the molecule is CCc1ccccc1N1C[C@H](C(=O)OCC(=O)NC(=O)NCCC(C)C)CC1=O. The van der Waals surface area contributed by atoms with Gasteiger partial charge in [-0.3, -0.25) is 19.7 Å². The van der Waals surface area contributed by atoms with Gasteiger partial charge in [0.1, 0.15) is 0 Å². The van der Waals surface area contributed by atoms with E-state index >= 15 is 0 Å². The zero-order chi connectivity index (χ0) is 21.4. The van der Waals surface area contributed by atoms with Crippen LogP contribution in [0.4, 0.5) is 10.5 Å². The van der Waals surface area contributed by atoms with Gasteiger partial charge in [0, 0.05) is 25.2 Å². The molecule has 2 rings (SSSR count). The van der Waals surface area contributed by atoms with Gasteiger partial charge in [0.05, 0.1) is 5.92 Å². The third kappa shape index (κ3) is 6.58. The van der Waals surface area contributed by atoms with Crippen LogP contribution in [0.15, 0.2) is 24.3 Å². The average molecular weight is 403 g/mol. The van der Waals surface area contributed by atoms with Gasteiger partial charge in [-0.25, -0.2) is 4.79 Å². The molecule has 0 aromatic heterocycles. The van der Waals surface area contributed by atoms with E-state index in [1.54, 1.807) is 4.90 Å². The van der Waals surface area contributed by atoms with Gasteiger partial charge in [0.25, 0.3) is 5.91 Å². The van der Waals surface area contributed by atoms with Crippen molar-refractivity contribution in [2.24, 2.45) is 11.8 Å². The number of hydrogen-bond donors (Lipinski definition) is 2. The number of para-hydroxylation sites is 1. The Morgan fingerprint density at radius 2 is 1.97 bits per heavy atom. The van der Waals surface area contributed by atoms with Crippen LogP contribution in [0, 0.1) is 11.8 Å². The molecule has 0 bridgehead atoms. The van der Waals surface area contributed by atoms with Crippen LogP contribution in [0.25, 0.3) is 0 Å². The van der Waals surface area contributed by atoms with Gasteiger partial charge in [-0.2, -0.15) is 0 Å². The number of benzene rings is 1. The molecule has 1 aromatic rings. The van der Waals surface area contributed by atoms with E-state index in [1.165, 1.54) is 0 Å². The number of aryl methyl sites for hydroxylation is 1. The smallest absolute Gasteiger partial charge is 0.321 e. The van der Waals surface area contributed by atoms with Crippen molar-refractivity contribution in [2.75, 3.05) is 24.6 Å². The highest BCUT2D eigenvalue weighted by atomic mass is 16.5. The minimum atomic E-state index is -0.710. The number of urea groups is 1. The number of nitrogens with zero attached hydrogens (tertiary/aromatic N) is 1. The number of nitrogens with one attached hydrogen (secondary N) is 2. The Hall–Kier alpha value is -2.90. The normalized spacial score (nSPS) is 16.1. The third-order valence-electron chi connectivity index (χ3n) is 4.73. The highest BCUT2D eigenvalue weighted by Gasteiger charge is 2.37. The van der Waals surface area contributed by atoms with Crippen LogP contribution in [-0.2, 0) is 25.5 Å². The molecule has 1 aliphatic rings. The molecule has 1 saturated heterocycles. The van der Waals surface area contributed by atoms with Crippen LogP contribution in [0.5, 0.6) is 0 Å². The summed E-state index contributed by atoms with van der Waals surface area (Å²) in [5, 5.41) is 4.68. The standard InChI is InChI=1S/C21H29N3O5/c1-4-15-7-5-6-8-17(15)24-12-16(11-19(24)26)20(27)29-13-18(25)23-21(28)22-10-9-14(2)3/h5-8,14,16H,4,9-13H2,1-3H3,(H2,22,23,25,28)/t16-/m1/s1. The molecule has 29 heavy (non-hydrogen) atoms. The lowest BCUT2D eigenvalue weighted by Gasteiger charge is -2.19. The minimum absolute atomic E-state index is 0.0359. The van der Waals surface area contributed by atoms with Crippen LogP contribution in [0.3, 0.4) is 0 Å². The lowest BCUT2D eigenvalue weighted by atomic mass is 10.1. The Balaban J connectivity index is 1.80. The highest BCUT2D eigenvalue weighted by Crippen LogP contribution is 2.29. The lowest BCUT2D eigenvalue weighted by Crippen LogP contribution is -2.42. The summed E-state index contributed by atoms with van der Waals surface area (Å²) in [7, 11) is 0. The van der Waals surface area contributed by atoms with E-state index in [4.69, 9.17) is 4.74 Å². The van der Waals surface area contributed by atoms with Gasteiger partial charge >= 0.3 is 12.0 Å². The fourth-order valence-electron chi connectivity index (χ4n) is 3.11. The number of imide groups is 1. The first-order valence-electron chi connectivity index (χ1n) is 9.94. The van der Waals surface area contributed by atoms with Crippen LogP contribution < -0.4 is 15.5 Å². The molecule has 8 heteroatoms. The van der Waals surface area contributed by atoms with Crippen LogP contribution in [0.1, 0.15) is 39.2 Å². The van der Waals surface area contributed by atoms with Crippen molar-refractivity contribution < 1.29 is 23.9 Å². The topological polar surface area (TPSA) is 105 Å². The number of ether oxygens (including phenoxy) is 1. The van der Waals surface area contributed by atoms with E-state index in [0.29, 0.717) is 12.5 Å². The number of hydrogen-bond acceptors (Lipinski definition) is 5. The Kier molecular flexibility index (Phi) is 8.18. The molecule has 0 saturated carbocycles. The summed E-state index contributed by atoms with van der Waals surface area (Å²) in [5.74, 6) is -1.69. The fraction of sp³-hybridized carbons (Fsp3) is 0.524. The molecule has 1 aromatic carbocycles. The Morgan fingerprint density at radius 1 is 1.24 bits per heavy atom. The molecule has 4 amide bonds. The summed E-state index contributed by atoms with van der Waals surface area (Å²) < 4.78 is 5.01. The van der Waals surface area contributed by atoms with E-state index in [2.05, 4.69) is 10.6 Å². The number of carbonyl (C=O) groups excluding carboxylic acids is 4. The molecule has 1 heterocycles. The van der Waals surface area contributed by atoms with Crippen LogP contribution in [0.2, 0.25) is 0 Å². The van der Waals surface area contributed by atoms with Gasteiger partial charge in [-0.05, 0) is 30.4 Å². The predicted octanol–water partition coefficient (Wildman–Crippen LogP) is 2.02. The summed E-state index contributed by atoms with van der Waals surface area (Å²) >= 11 is 0. The molecule has 1 atom stereocenters. The Labute approximate surface area is 171 Å². The summed E-state index contributed by atoms with van der Waals surface area (Å²) in [6.45, 7) is 6.16. The maximum atomic E-state index is 12.4. The number of anilines is 1. The highest BCUT2D eigenvalue weighted by molar-refractivity contribution is 6.00. The van der Waals surface area contributed by atoms with Crippen LogP contribution >= 0.6 is 0 Å². The second-order valence-electron chi connectivity index (χ2n) is 7.48. The molecule has 1 aliphatic heterocycles. The predicted molar refractivity (Wildman–Crippen MR) is 108 cm³/mol. The number of esters is 1. The summed E-state index contributed by atoms with van der Waals surface area (Å²) in [6.07, 6.45) is 1.60. The first-order chi connectivity index (χ1) is 13.8. The fourth-order valence-corrected chi connectivity index (χ4v) is 3.11. The molecule has 158 valence electrons. The molecule has 2 N–H and O–H groups in total. The molecular weight excluding hydrogens is 374 g/mol. The zero-order valence-electron chi connectivity index (χ0n) is 17.2. The van der Waals surface area contributed by atoms with Crippen molar-refractivity contribution in [3.05, 3.63) is 29.8 Å². The zero-order valence-corrected chi connectivity index (χ0v) is 17.2. The van der Waals surface area contributed by atoms with E-state index in [1.807, 2.05) is 45.0 Å². The Morgan fingerprint density at radius 3 is 2.66 bits per heavy atom. The minimum Gasteiger partial charge on any atom is -0.455 e. The van der Waals surface area contributed by atoms with E-state index in [0.717, 1.165) is 24.1 Å². The lowest BCUT2D eigenvalue weighted by molar-refractivity contribution is -0.152. The van der Waals surface area contributed by atoms with Crippen molar-refractivity contribution in [3.63, 3.8) is 0 Å². The van der Waals surface area contributed by atoms with Gasteiger partial charge < -0.3 is 15.0 Å². The van der Waals surface area contributed by atoms with Gasteiger partial charge in [0.2, 0.25) is 5.91 Å². The van der Waals surface area contributed by atoms with E-state index < -0.39 is 30.4 Å². The number of rotatable bonds is 8. The van der Waals surface area contributed by atoms with Gasteiger partial charge in [-0.1, -0.05) is 39.0 Å². The maximum Gasteiger partial charge on any atom is 0.321 e. The van der Waals surface area contributed by atoms with Crippen molar-refractivity contribution in [1.29, 1.82) is 0 Å². The molecule has 0 radical (unpaired) electrons. The average Bonchev–Trinajstić information content (AvgIpc) is 3.07. The second kappa shape index (κ2) is 10.6. The summed E-state index contributed by atoms with van der Waals surface area (Å²) in [6, 6.07) is 6.95. The molecule has 1 fully saturated rings. The molecule has 8 nitrogen and oxygen atoms in total. The van der Waals surface area contributed by atoms with Gasteiger partial charge in [-0.15, -0.1) is 0 Å². The third-order valence-corrected chi connectivity index (χ3v) is 4.73. The largest absolute Gasteiger partial charge is 0.455 e. The Bertz CT molecular complexity index is 762. The van der Waals surface area contributed by atoms with E-state index in [9.17, 15) is 19.2 Å². The van der Waals surface area contributed by atoms with Crippen molar-refractivity contribution in [2.45, 2.75) is 40.0 Å². The monoisotopic (exact) mass is 403 g/mol.